The summed E-state index contributed by atoms with van der Waals surface area (Å²) >= 11 is 0. The minimum absolute atomic E-state index is 0.130. The molecule has 18 heavy (non-hydrogen) atoms. The molecule has 2 aromatic carbocycles. The SMILES string of the molecule is Nc1ccccc1CS(=O)(=O)Nc1ccccc1. The molecular formula is C13H14N2O2S. The Morgan fingerprint density at radius 2 is 1.56 bits per heavy atom. The van der Waals surface area contributed by atoms with Crippen molar-refractivity contribution in [1.82, 2.24) is 0 Å². The zero-order chi connectivity index (χ0) is 13.0. The van der Waals surface area contributed by atoms with Crippen molar-refractivity contribution in [2.45, 2.75) is 5.75 Å². The van der Waals surface area contributed by atoms with E-state index in [4.69, 9.17) is 5.73 Å². The summed E-state index contributed by atoms with van der Waals surface area (Å²) in [5.74, 6) is -0.130. The molecule has 0 atom stereocenters. The lowest BCUT2D eigenvalue weighted by molar-refractivity contribution is 0.600. The summed E-state index contributed by atoms with van der Waals surface area (Å²) in [6.07, 6.45) is 0. The Morgan fingerprint density at radius 1 is 0.944 bits per heavy atom. The third-order valence-electron chi connectivity index (χ3n) is 2.45. The number of para-hydroxylation sites is 2. The predicted octanol–water partition coefficient (Wildman–Crippen LogP) is 2.21. The summed E-state index contributed by atoms with van der Waals surface area (Å²) in [5, 5.41) is 0. The molecule has 0 unspecified atom stereocenters. The van der Waals surface area contributed by atoms with E-state index >= 15 is 0 Å². The van der Waals surface area contributed by atoms with Crippen molar-refractivity contribution in [2.75, 3.05) is 10.5 Å². The molecule has 0 saturated carbocycles. The van der Waals surface area contributed by atoms with Gasteiger partial charge in [0.1, 0.15) is 0 Å². The highest BCUT2D eigenvalue weighted by Crippen LogP contribution is 2.16. The maximum atomic E-state index is 12.0. The van der Waals surface area contributed by atoms with Crippen molar-refractivity contribution in [1.29, 1.82) is 0 Å². The Bertz CT molecular complexity index is 624. The normalized spacial score (nSPS) is 11.1. The van der Waals surface area contributed by atoms with E-state index in [0.717, 1.165) is 0 Å². The number of sulfonamides is 1. The lowest BCUT2D eigenvalue weighted by Crippen LogP contribution is -2.15. The summed E-state index contributed by atoms with van der Waals surface area (Å²) in [6, 6.07) is 15.7. The number of hydrogen-bond donors (Lipinski definition) is 2. The Labute approximate surface area is 107 Å². The molecule has 0 radical (unpaired) electrons. The highest BCUT2D eigenvalue weighted by atomic mass is 32.2. The van der Waals surface area contributed by atoms with Crippen LogP contribution in [0.25, 0.3) is 0 Å². The van der Waals surface area contributed by atoms with Gasteiger partial charge in [0.05, 0.1) is 5.75 Å². The average molecular weight is 262 g/mol. The summed E-state index contributed by atoms with van der Waals surface area (Å²) < 4.78 is 26.4. The standard InChI is InChI=1S/C13H14N2O2S/c14-13-9-5-4-6-11(13)10-18(16,17)15-12-7-2-1-3-8-12/h1-9,15H,10,14H2. The van der Waals surface area contributed by atoms with Gasteiger partial charge < -0.3 is 5.73 Å². The number of nitrogen functional groups attached to an aromatic ring is 1. The lowest BCUT2D eigenvalue weighted by Gasteiger charge is -2.09. The molecule has 0 saturated heterocycles. The molecule has 0 fully saturated rings. The fourth-order valence-corrected chi connectivity index (χ4v) is 2.83. The minimum Gasteiger partial charge on any atom is -0.398 e. The van der Waals surface area contributed by atoms with Gasteiger partial charge in [-0.25, -0.2) is 8.42 Å². The maximum absolute atomic E-state index is 12.0. The van der Waals surface area contributed by atoms with E-state index in [1.165, 1.54) is 0 Å². The first-order valence-corrected chi connectivity index (χ1v) is 7.11. The van der Waals surface area contributed by atoms with Crippen LogP contribution in [0.5, 0.6) is 0 Å². The second-order valence-electron chi connectivity index (χ2n) is 3.93. The minimum atomic E-state index is -3.44. The van der Waals surface area contributed by atoms with Crippen molar-refractivity contribution in [3.05, 3.63) is 60.2 Å². The van der Waals surface area contributed by atoms with Gasteiger partial charge in [0.15, 0.2) is 0 Å². The molecule has 5 heteroatoms. The van der Waals surface area contributed by atoms with E-state index in [1.54, 1.807) is 48.5 Å². The Kier molecular flexibility index (Phi) is 3.53. The number of rotatable bonds is 4. The number of hydrogen-bond acceptors (Lipinski definition) is 3. The first-order chi connectivity index (χ1) is 8.57. The van der Waals surface area contributed by atoms with E-state index in [0.29, 0.717) is 16.9 Å². The zero-order valence-electron chi connectivity index (χ0n) is 9.71. The van der Waals surface area contributed by atoms with Crippen LogP contribution in [-0.4, -0.2) is 8.42 Å². The molecule has 94 valence electrons. The average Bonchev–Trinajstić information content (AvgIpc) is 2.32. The fourth-order valence-electron chi connectivity index (χ4n) is 1.59. The number of nitrogens with one attached hydrogen (secondary N) is 1. The van der Waals surface area contributed by atoms with Crippen LogP contribution in [0.1, 0.15) is 5.56 Å². The molecule has 0 aromatic heterocycles. The van der Waals surface area contributed by atoms with Crippen molar-refractivity contribution in [3.8, 4) is 0 Å². The predicted molar refractivity (Wildman–Crippen MR) is 73.5 cm³/mol. The van der Waals surface area contributed by atoms with Crippen LogP contribution in [-0.2, 0) is 15.8 Å². The van der Waals surface area contributed by atoms with Crippen LogP contribution in [0, 0.1) is 0 Å². The number of benzene rings is 2. The maximum Gasteiger partial charge on any atom is 0.236 e. The van der Waals surface area contributed by atoms with Crippen molar-refractivity contribution < 1.29 is 8.42 Å². The summed E-state index contributed by atoms with van der Waals surface area (Å²) in [5.41, 5.74) is 7.36. The molecule has 0 aliphatic heterocycles. The number of nitrogens with two attached hydrogens (primary N) is 1. The van der Waals surface area contributed by atoms with Crippen LogP contribution >= 0.6 is 0 Å². The molecular weight excluding hydrogens is 248 g/mol. The Balaban J connectivity index is 2.16. The molecule has 0 heterocycles. The van der Waals surface area contributed by atoms with E-state index in [-0.39, 0.29) is 5.75 Å². The summed E-state index contributed by atoms with van der Waals surface area (Å²) in [7, 11) is -3.44. The molecule has 2 rings (SSSR count). The van der Waals surface area contributed by atoms with Gasteiger partial charge in [0, 0.05) is 11.4 Å². The molecule has 0 spiro atoms. The number of anilines is 2. The quantitative estimate of drug-likeness (QED) is 0.830. The fraction of sp³-hybridized carbons (Fsp3) is 0.0769. The molecule has 0 aliphatic rings. The Hall–Kier alpha value is -2.01. The smallest absolute Gasteiger partial charge is 0.236 e. The van der Waals surface area contributed by atoms with Gasteiger partial charge in [-0.15, -0.1) is 0 Å². The van der Waals surface area contributed by atoms with Crippen LogP contribution < -0.4 is 10.5 Å². The van der Waals surface area contributed by atoms with E-state index in [1.807, 2.05) is 6.07 Å². The van der Waals surface area contributed by atoms with Gasteiger partial charge in [-0.3, -0.25) is 4.72 Å². The largest absolute Gasteiger partial charge is 0.398 e. The van der Waals surface area contributed by atoms with Crippen LogP contribution in [0.2, 0.25) is 0 Å². The molecule has 0 amide bonds. The summed E-state index contributed by atoms with van der Waals surface area (Å²) in [6.45, 7) is 0. The van der Waals surface area contributed by atoms with Gasteiger partial charge in [-0.2, -0.15) is 0 Å². The van der Waals surface area contributed by atoms with Gasteiger partial charge in [0.25, 0.3) is 0 Å². The first kappa shape index (κ1) is 12.4. The second-order valence-corrected chi connectivity index (χ2v) is 5.65. The molecule has 3 N–H and O–H groups in total. The van der Waals surface area contributed by atoms with Crippen molar-refractivity contribution in [2.24, 2.45) is 0 Å². The highest BCUT2D eigenvalue weighted by Gasteiger charge is 2.13. The molecule has 2 aromatic rings. The topological polar surface area (TPSA) is 72.2 Å². The Morgan fingerprint density at radius 3 is 2.22 bits per heavy atom. The lowest BCUT2D eigenvalue weighted by atomic mass is 10.2. The zero-order valence-corrected chi connectivity index (χ0v) is 10.5. The molecule has 0 aliphatic carbocycles. The van der Waals surface area contributed by atoms with E-state index < -0.39 is 10.0 Å². The van der Waals surface area contributed by atoms with E-state index in [9.17, 15) is 8.42 Å². The third kappa shape index (κ3) is 3.24. The van der Waals surface area contributed by atoms with Crippen LogP contribution in [0.15, 0.2) is 54.6 Å². The van der Waals surface area contributed by atoms with Gasteiger partial charge >= 0.3 is 0 Å². The molecule has 4 nitrogen and oxygen atoms in total. The summed E-state index contributed by atoms with van der Waals surface area (Å²) in [4.78, 5) is 0. The van der Waals surface area contributed by atoms with Crippen molar-refractivity contribution in [3.63, 3.8) is 0 Å². The highest BCUT2D eigenvalue weighted by molar-refractivity contribution is 7.91. The third-order valence-corrected chi connectivity index (χ3v) is 3.69. The van der Waals surface area contributed by atoms with E-state index in [2.05, 4.69) is 4.72 Å². The second kappa shape index (κ2) is 5.10. The van der Waals surface area contributed by atoms with Gasteiger partial charge in [0.2, 0.25) is 10.0 Å². The van der Waals surface area contributed by atoms with Crippen molar-refractivity contribution >= 4 is 21.4 Å². The molecule has 0 bridgehead atoms. The monoisotopic (exact) mass is 262 g/mol. The van der Waals surface area contributed by atoms with Gasteiger partial charge in [-0.1, -0.05) is 36.4 Å². The van der Waals surface area contributed by atoms with Crippen LogP contribution in [0.3, 0.4) is 0 Å². The van der Waals surface area contributed by atoms with Crippen LogP contribution in [0.4, 0.5) is 11.4 Å². The first-order valence-electron chi connectivity index (χ1n) is 5.46. The van der Waals surface area contributed by atoms with Gasteiger partial charge in [-0.05, 0) is 23.8 Å².